The molecule has 18 heavy (non-hydrogen) atoms. The van der Waals surface area contributed by atoms with Gasteiger partial charge in [-0.25, -0.2) is 9.59 Å². The first kappa shape index (κ1) is 13.8. The highest BCUT2D eigenvalue weighted by molar-refractivity contribution is 5.83. The molecule has 1 atom stereocenters. The lowest BCUT2D eigenvalue weighted by Crippen LogP contribution is -2.41. The van der Waals surface area contributed by atoms with Crippen molar-refractivity contribution in [2.45, 2.75) is 6.04 Å². The number of carboxylic acids is 1. The maximum absolute atomic E-state index is 11.7. The van der Waals surface area contributed by atoms with Crippen LogP contribution < -0.4 is 5.32 Å². The Morgan fingerprint density at radius 3 is 2.56 bits per heavy atom. The Labute approximate surface area is 106 Å². The van der Waals surface area contributed by atoms with Crippen molar-refractivity contribution in [3.8, 4) is 0 Å². The first-order valence-electron chi connectivity index (χ1n) is 5.46. The molecule has 0 heterocycles. The summed E-state index contributed by atoms with van der Waals surface area (Å²) in [5, 5.41) is 11.6. The number of nitrogens with zero attached hydrogens (tertiary/aromatic N) is 1. The van der Waals surface area contributed by atoms with Crippen LogP contribution in [0.15, 0.2) is 43.0 Å². The molecular weight excluding hydrogens is 232 g/mol. The number of amides is 2. The van der Waals surface area contributed by atoms with E-state index in [0.29, 0.717) is 12.1 Å². The Morgan fingerprint density at radius 1 is 1.44 bits per heavy atom. The quantitative estimate of drug-likeness (QED) is 0.778. The second-order valence-electron chi connectivity index (χ2n) is 3.80. The lowest BCUT2D eigenvalue weighted by atomic mass is 10.1. The van der Waals surface area contributed by atoms with Crippen molar-refractivity contribution in [2.75, 3.05) is 13.6 Å². The van der Waals surface area contributed by atoms with Gasteiger partial charge in [0.15, 0.2) is 6.04 Å². The molecule has 2 N–H and O–H groups in total. The number of hydrogen-bond donors (Lipinski definition) is 2. The predicted octanol–water partition coefficient (Wildman–Crippen LogP) is 1.64. The second-order valence-corrected chi connectivity index (χ2v) is 3.80. The molecule has 5 heteroatoms. The van der Waals surface area contributed by atoms with Crippen LogP contribution >= 0.6 is 0 Å². The number of nitrogens with one attached hydrogen (secondary N) is 1. The monoisotopic (exact) mass is 248 g/mol. The minimum absolute atomic E-state index is 0.354. The average molecular weight is 248 g/mol. The largest absolute Gasteiger partial charge is 0.479 e. The van der Waals surface area contributed by atoms with Crippen molar-refractivity contribution in [1.29, 1.82) is 0 Å². The van der Waals surface area contributed by atoms with E-state index in [0.717, 1.165) is 0 Å². The fraction of sp³-hybridized carbons (Fsp3) is 0.231. The van der Waals surface area contributed by atoms with Crippen LogP contribution in [-0.4, -0.2) is 35.6 Å². The molecule has 0 saturated heterocycles. The third-order valence-electron chi connectivity index (χ3n) is 2.40. The number of urea groups is 1. The first-order valence-corrected chi connectivity index (χ1v) is 5.46. The molecule has 0 aliphatic rings. The Kier molecular flexibility index (Phi) is 4.92. The molecule has 1 aromatic carbocycles. The lowest BCUT2D eigenvalue weighted by molar-refractivity contribution is -0.139. The van der Waals surface area contributed by atoms with Gasteiger partial charge in [-0.1, -0.05) is 36.4 Å². The van der Waals surface area contributed by atoms with E-state index in [2.05, 4.69) is 11.9 Å². The Morgan fingerprint density at radius 2 is 2.06 bits per heavy atom. The normalized spacial score (nSPS) is 11.4. The zero-order chi connectivity index (χ0) is 13.5. The average Bonchev–Trinajstić information content (AvgIpc) is 2.36. The smallest absolute Gasteiger partial charge is 0.330 e. The number of benzene rings is 1. The van der Waals surface area contributed by atoms with Crippen molar-refractivity contribution in [3.63, 3.8) is 0 Å². The van der Waals surface area contributed by atoms with Gasteiger partial charge in [-0.05, 0) is 5.56 Å². The summed E-state index contributed by atoms with van der Waals surface area (Å²) in [4.78, 5) is 24.2. The van der Waals surface area contributed by atoms with E-state index in [4.69, 9.17) is 5.11 Å². The van der Waals surface area contributed by atoms with E-state index in [1.807, 2.05) is 0 Å². The van der Waals surface area contributed by atoms with Gasteiger partial charge in [0, 0.05) is 13.6 Å². The van der Waals surface area contributed by atoms with Gasteiger partial charge in [-0.15, -0.1) is 6.58 Å². The summed E-state index contributed by atoms with van der Waals surface area (Å²) in [6.45, 7) is 3.87. The minimum atomic E-state index is -1.10. The molecule has 0 fully saturated rings. The van der Waals surface area contributed by atoms with Gasteiger partial charge in [0.2, 0.25) is 0 Å². The third kappa shape index (κ3) is 3.62. The van der Waals surface area contributed by atoms with Gasteiger partial charge >= 0.3 is 12.0 Å². The summed E-state index contributed by atoms with van der Waals surface area (Å²) < 4.78 is 0. The van der Waals surface area contributed by atoms with Gasteiger partial charge in [0.05, 0.1) is 0 Å². The number of hydrogen-bond acceptors (Lipinski definition) is 2. The molecule has 0 unspecified atom stereocenters. The van der Waals surface area contributed by atoms with Crippen LogP contribution in [0.1, 0.15) is 11.6 Å². The zero-order valence-corrected chi connectivity index (χ0v) is 10.2. The summed E-state index contributed by atoms with van der Waals surface area (Å²) in [7, 11) is 1.57. The first-order chi connectivity index (χ1) is 8.56. The van der Waals surface area contributed by atoms with Crippen LogP contribution in [0.25, 0.3) is 0 Å². The number of rotatable bonds is 5. The second kappa shape index (κ2) is 6.44. The highest BCUT2D eigenvalue weighted by Gasteiger charge is 2.22. The maximum Gasteiger partial charge on any atom is 0.330 e. The van der Waals surface area contributed by atoms with Gasteiger partial charge in [0.25, 0.3) is 0 Å². The molecular formula is C13H16N2O3. The lowest BCUT2D eigenvalue weighted by Gasteiger charge is -2.20. The minimum Gasteiger partial charge on any atom is -0.479 e. The molecule has 1 rings (SSSR count). The van der Waals surface area contributed by atoms with Crippen molar-refractivity contribution in [1.82, 2.24) is 10.2 Å². The van der Waals surface area contributed by atoms with Crippen LogP contribution in [0.2, 0.25) is 0 Å². The molecule has 0 saturated carbocycles. The van der Waals surface area contributed by atoms with E-state index in [-0.39, 0.29) is 0 Å². The molecule has 5 nitrogen and oxygen atoms in total. The van der Waals surface area contributed by atoms with Gasteiger partial charge in [-0.3, -0.25) is 0 Å². The molecule has 0 aromatic heterocycles. The van der Waals surface area contributed by atoms with Gasteiger partial charge < -0.3 is 15.3 Å². The number of carbonyl (C=O) groups excluding carboxylic acids is 1. The van der Waals surface area contributed by atoms with Crippen molar-refractivity contribution in [2.24, 2.45) is 0 Å². The number of aliphatic carboxylic acids is 1. The summed E-state index contributed by atoms with van der Waals surface area (Å²) >= 11 is 0. The van der Waals surface area contributed by atoms with Crippen LogP contribution in [-0.2, 0) is 4.79 Å². The SMILES string of the molecule is C=CCN(C)C(=O)N[C@@H](C(=O)O)c1ccccc1. The van der Waals surface area contributed by atoms with Crippen LogP contribution in [0.3, 0.4) is 0 Å². The number of likely N-dealkylation sites (N-methyl/N-ethyl adjacent to an activating group) is 1. The van der Waals surface area contributed by atoms with Crippen molar-refractivity contribution in [3.05, 3.63) is 48.6 Å². The highest BCUT2D eigenvalue weighted by atomic mass is 16.4. The maximum atomic E-state index is 11.7. The Bertz CT molecular complexity index is 431. The molecule has 2 amide bonds. The third-order valence-corrected chi connectivity index (χ3v) is 2.40. The number of carboxylic acid groups (broad SMARTS) is 1. The zero-order valence-electron chi connectivity index (χ0n) is 10.2. The molecule has 0 spiro atoms. The van der Waals surface area contributed by atoms with Crippen molar-refractivity contribution >= 4 is 12.0 Å². The molecule has 1 aromatic rings. The van der Waals surface area contributed by atoms with E-state index < -0.39 is 18.0 Å². The molecule has 96 valence electrons. The Balaban J connectivity index is 2.79. The van der Waals surface area contributed by atoms with Crippen LogP contribution in [0.5, 0.6) is 0 Å². The fourth-order valence-corrected chi connectivity index (χ4v) is 1.44. The molecule has 0 aliphatic carbocycles. The standard InChI is InChI=1S/C13H16N2O3/c1-3-9-15(2)13(18)14-11(12(16)17)10-7-5-4-6-8-10/h3-8,11H,1,9H2,2H3,(H,14,18)(H,16,17)/t11-/m1/s1. The number of carbonyl (C=O) groups is 2. The van der Waals surface area contributed by atoms with Gasteiger partial charge in [-0.2, -0.15) is 0 Å². The fourth-order valence-electron chi connectivity index (χ4n) is 1.44. The van der Waals surface area contributed by atoms with E-state index >= 15 is 0 Å². The van der Waals surface area contributed by atoms with Gasteiger partial charge in [0.1, 0.15) is 0 Å². The summed E-state index contributed by atoms with van der Waals surface area (Å²) in [5.74, 6) is -1.10. The Hall–Kier alpha value is -2.30. The van der Waals surface area contributed by atoms with E-state index in [1.54, 1.807) is 43.5 Å². The summed E-state index contributed by atoms with van der Waals surface area (Å²) in [6, 6.07) is 7.06. The van der Waals surface area contributed by atoms with Crippen molar-refractivity contribution < 1.29 is 14.7 Å². The molecule has 0 bridgehead atoms. The van der Waals surface area contributed by atoms with Crippen LogP contribution in [0.4, 0.5) is 4.79 Å². The highest BCUT2D eigenvalue weighted by Crippen LogP contribution is 2.12. The van der Waals surface area contributed by atoms with Crippen LogP contribution in [0, 0.1) is 0 Å². The molecule has 0 aliphatic heterocycles. The summed E-state index contributed by atoms with van der Waals surface area (Å²) in [5.41, 5.74) is 0.533. The van der Waals surface area contributed by atoms with E-state index in [9.17, 15) is 9.59 Å². The predicted molar refractivity (Wildman–Crippen MR) is 68.2 cm³/mol. The summed E-state index contributed by atoms with van der Waals surface area (Å²) in [6.07, 6.45) is 1.57. The topological polar surface area (TPSA) is 69.6 Å². The molecule has 0 radical (unpaired) electrons. The van der Waals surface area contributed by atoms with E-state index in [1.165, 1.54) is 4.90 Å².